The van der Waals surface area contributed by atoms with Gasteiger partial charge in [-0.3, -0.25) is 9.59 Å². The summed E-state index contributed by atoms with van der Waals surface area (Å²) in [5.74, 6) is 0.949. The van der Waals surface area contributed by atoms with Crippen LogP contribution in [0.5, 0.6) is 11.5 Å². The van der Waals surface area contributed by atoms with Gasteiger partial charge in [0.25, 0.3) is 11.8 Å². The number of carbonyl (C=O) groups is 2. The van der Waals surface area contributed by atoms with Gasteiger partial charge in [-0.05, 0) is 44.7 Å². The number of anilines is 1. The number of fused-ring (bicyclic) bond motifs is 2. The molecule has 0 fully saturated rings. The highest BCUT2D eigenvalue weighted by Gasteiger charge is 2.28. The van der Waals surface area contributed by atoms with Gasteiger partial charge in [0.05, 0.1) is 5.69 Å². The zero-order chi connectivity index (χ0) is 19.7. The number of carbonyl (C=O) groups excluding carboxylic acids is 2. The van der Waals surface area contributed by atoms with E-state index in [9.17, 15) is 9.59 Å². The maximum absolute atomic E-state index is 12.9. The Hall–Kier alpha value is -3.03. The largest absolute Gasteiger partial charge is 0.454 e. The molecule has 0 aliphatic carbocycles. The van der Waals surface area contributed by atoms with E-state index in [1.165, 1.54) is 0 Å². The van der Waals surface area contributed by atoms with Crippen LogP contribution in [0, 0.1) is 0 Å². The van der Waals surface area contributed by atoms with Crippen molar-refractivity contribution in [2.24, 2.45) is 0 Å². The van der Waals surface area contributed by atoms with Crippen LogP contribution in [0.25, 0.3) is 0 Å². The van der Waals surface area contributed by atoms with Gasteiger partial charge in [-0.1, -0.05) is 6.92 Å². The van der Waals surface area contributed by atoms with Gasteiger partial charge in [0, 0.05) is 24.3 Å². The fourth-order valence-corrected chi connectivity index (χ4v) is 3.45. The standard InChI is InChI=1S/C20H24N4O4/c1-3-12(2)21-19(25)17-14-6-4-5-9-24(14)18(23-17)20(26)22-13-7-8-15-16(10-13)28-11-27-15/h7-8,10,12H,3-6,9,11H2,1-2H3,(H,21,25)(H,22,26). The lowest BCUT2D eigenvalue weighted by Gasteiger charge is -2.17. The topological polar surface area (TPSA) is 94.5 Å². The van der Waals surface area contributed by atoms with Crippen molar-refractivity contribution in [3.63, 3.8) is 0 Å². The summed E-state index contributed by atoms with van der Waals surface area (Å²) in [6, 6.07) is 5.28. The van der Waals surface area contributed by atoms with Gasteiger partial charge in [-0.25, -0.2) is 4.98 Å². The summed E-state index contributed by atoms with van der Waals surface area (Å²) in [6.45, 7) is 4.82. The van der Waals surface area contributed by atoms with E-state index in [2.05, 4.69) is 15.6 Å². The number of nitrogens with one attached hydrogen (secondary N) is 2. The molecule has 1 atom stereocenters. The highest BCUT2D eigenvalue weighted by Crippen LogP contribution is 2.34. The summed E-state index contributed by atoms with van der Waals surface area (Å²) in [4.78, 5) is 30.0. The maximum Gasteiger partial charge on any atom is 0.291 e. The molecule has 2 aliphatic rings. The van der Waals surface area contributed by atoms with Crippen LogP contribution in [0.1, 0.15) is 59.9 Å². The molecule has 0 saturated carbocycles. The maximum atomic E-state index is 12.9. The zero-order valence-electron chi connectivity index (χ0n) is 16.1. The summed E-state index contributed by atoms with van der Waals surface area (Å²) >= 11 is 0. The molecule has 1 aromatic carbocycles. The van der Waals surface area contributed by atoms with E-state index >= 15 is 0 Å². The van der Waals surface area contributed by atoms with Crippen LogP contribution >= 0.6 is 0 Å². The van der Waals surface area contributed by atoms with E-state index in [0.717, 1.165) is 31.4 Å². The Labute approximate surface area is 163 Å². The Morgan fingerprint density at radius 1 is 1.21 bits per heavy atom. The van der Waals surface area contributed by atoms with E-state index < -0.39 is 0 Å². The molecule has 28 heavy (non-hydrogen) atoms. The van der Waals surface area contributed by atoms with Gasteiger partial charge in [0.15, 0.2) is 17.3 Å². The first-order valence-corrected chi connectivity index (χ1v) is 9.68. The lowest BCUT2D eigenvalue weighted by atomic mass is 10.1. The SMILES string of the molecule is CCC(C)NC(=O)c1nc(C(=O)Nc2ccc3c(c2)OCO3)n2c1CCCC2. The molecule has 0 spiro atoms. The first-order chi connectivity index (χ1) is 13.6. The van der Waals surface area contributed by atoms with Crippen molar-refractivity contribution in [3.05, 3.63) is 35.4 Å². The minimum Gasteiger partial charge on any atom is -0.454 e. The first-order valence-electron chi connectivity index (χ1n) is 9.68. The second-order valence-corrected chi connectivity index (χ2v) is 7.14. The molecule has 0 bridgehead atoms. The molecule has 1 aromatic heterocycles. The minimum atomic E-state index is -0.343. The van der Waals surface area contributed by atoms with Crippen molar-refractivity contribution in [3.8, 4) is 11.5 Å². The van der Waals surface area contributed by atoms with E-state index in [1.807, 2.05) is 18.4 Å². The molecular weight excluding hydrogens is 360 g/mol. The molecule has 1 unspecified atom stereocenters. The number of ether oxygens (including phenoxy) is 2. The number of hydrogen-bond acceptors (Lipinski definition) is 5. The average molecular weight is 384 g/mol. The summed E-state index contributed by atoms with van der Waals surface area (Å²) < 4.78 is 12.5. The van der Waals surface area contributed by atoms with Gasteiger partial charge >= 0.3 is 0 Å². The molecule has 0 radical (unpaired) electrons. The molecule has 3 heterocycles. The third kappa shape index (κ3) is 3.42. The van der Waals surface area contributed by atoms with Crippen molar-refractivity contribution in [2.75, 3.05) is 12.1 Å². The highest BCUT2D eigenvalue weighted by molar-refractivity contribution is 6.04. The van der Waals surface area contributed by atoms with Crippen LogP contribution in [-0.4, -0.2) is 34.2 Å². The molecule has 4 rings (SSSR count). The molecule has 0 saturated heterocycles. The van der Waals surface area contributed by atoms with Gasteiger partial charge < -0.3 is 24.7 Å². The number of hydrogen-bond donors (Lipinski definition) is 2. The van der Waals surface area contributed by atoms with Crippen LogP contribution in [0.15, 0.2) is 18.2 Å². The van der Waals surface area contributed by atoms with Crippen LogP contribution in [0.2, 0.25) is 0 Å². The number of aromatic nitrogens is 2. The summed E-state index contributed by atoms with van der Waals surface area (Å²) in [5.41, 5.74) is 1.78. The van der Waals surface area contributed by atoms with Crippen molar-refractivity contribution in [2.45, 2.75) is 52.1 Å². The Kier molecular flexibility index (Phi) is 4.93. The smallest absolute Gasteiger partial charge is 0.291 e. The molecule has 2 N–H and O–H groups in total. The van der Waals surface area contributed by atoms with Crippen molar-refractivity contribution in [1.82, 2.24) is 14.9 Å². The predicted molar refractivity (Wildman–Crippen MR) is 103 cm³/mol. The fraction of sp³-hybridized carbons (Fsp3) is 0.450. The Morgan fingerprint density at radius 3 is 2.86 bits per heavy atom. The Balaban J connectivity index is 1.60. The van der Waals surface area contributed by atoms with E-state index in [4.69, 9.17) is 9.47 Å². The van der Waals surface area contributed by atoms with Crippen molar-refractivity contribution < 1.29 is 19.1 Å². The quantitative estimate of drug-likeness (QED) is 0.827. The minimum absolute atomic E-state index is 0.0550. The number of rotatable bonds is 5. The third-order valence-corrected chi connectivity index (χ3v) is 5.16. The Morgan fingerprint density at radius 2 is 2.04 bits per heavy atom. The Bertz CT molecular complexity index is 921. The van der Waals surface area contributed by atoms with Crippen molar-refractivity contribution in [1.29, 1.82) is 0 Å². The fourth-order valence-electron chi connectivity index (χ4n) is 3.45. The first kappa shape index (κ1) is 18.3. The summed E-state index contributed by atoms with van der Waals surface area (Å²) in [5, 5.41) is 5.80. The van der Waals surface area contributed by atoms with Gasteiger partial charge in [-0.15, -0.1) is 0 Å². The molecule has 2 amide bonds. The monoisotopic (exact) mass is 384 g/mol. The van der Waals surface area contributed by atoms with Gasteiger partial charge in [0.1, 0.15) is 5.69 Å². The number of nitrogens with zero attached hydrogens (tertiary/aromatic N) is 2. The number of imidazole rings is 1. The van der Waals surface area contributed by atoms with Gasteiger partial charge in [-0.2, -0.15) is 0 Å². The summed E-state index contributed by atoms with van der Waals surface area (Å²) in [7, 11) is 0. The molecular formula is C20H24N4O4. The van der Waals surface area contributed by atoms with E-state index in [-0.39, 0.29) is 30.5 Å². The molecule has 2 aliphatic heterocycles. The van der Waals surface area contributed by atoms with Crippen LogP contribution in [0.4, 0.5) is 5.69 Å². The van der Waals surface area contributed by atoms with Crippen LogP contribution in [0.3, 0.4) is 0 Å². The number of benzene rings is 1. The highest BCUT2D eigenvalue weighted by atomic mass is 16.7. The molecule has 148 valence electrons. The van der Waals surface area contributed by atoms with Crippen LogP contribution < -0.4 is 20.1 Å². The third-order valence-electron chi connectivity index (χ3n) is 5.16. The molecule has 8 nitrogen and oxygen atoms in total. The second kappa shape index (κ2) is 7.53. The zero-order valence-corrected chi connectivity index (χ0v) is 16.1. The molecule has 2 aromatic rings. The van der Waals surface area contributed by atoms with Gasteiger partial charge in [0.2, 0.25) is 6.79 Å². The van der Waals surface area contributed by atoms with Crippen LogP contribution in [-0.2, 0) is 13.0 Å². The lowest BCUT2D eigenvalue weighted by Crippen LogP contribution is -2.33. The predicted octanol–water partition coefficient (Wildman–Crippen LogP) is 2.73. The number of amides is 2. The van der Waals surface area contributed by atoms with Crippen molar-refractivity contribution >= 4 is 17.5 Å². The normalized spacial score (nSPS) is 15.6. The summed E-state index contributed by atoms with van der Waals surface area (Å²) in [6.07, 6.45) is 3.52. The average Bonchev–Trinajstić information content (AvgIpc) is 3.32. The molecule has 8 heteroatoms. The van der Waals surface area contributed by atoms with E-state index in [0.29, 0.717) is 29.4 Å². The lowest BCUT2D eigenvalue weighted by molar-refractivity contribution is 0.0933. The second-order valence-electron chi connectivity index (χ2n) is 7.14. The van der Waals surface area contributed by atoms with E-state index in [1.54, 1.807) is 18.2 Å².